The quantitative estimate of drug-likeness (QED) is 0.0993. The number of ether oxygens (including phenoxy) is 10. The fraction of sp³-hybridized carbons (Fsp3) is 0.300. The van der Waals surface area contributed by atoms with E-state index in [1.807, 2.05) is 30.3 Å². The second kappa shape index (κ2) is 21.5. The van der Waals surface area contributed by atoms with E-state index in [0.29, 0.717) is 0 Å². The van der Waals surface area contributed by atoms with Crippen LogP contribution in [0.1, 0.15) is 53.9 Å². The maximum Gasteiger partial charge on any atom is 0.338 e. The first kappa shape index (κ1) is 45.8. The summed E-state index contributed by atoms with van der Waals surface area (Å²) >= 11 is 0. The molecular formula is C50H46O16. The predicted octanol–water partition coefficient (Wildman–Crippen LogP) is 5.26. The third-order valence-electron chi connectivity index (χ3n) is 11.0. The van der Waals surface area contributed by atoms with E-state index in [2.05, 4.69) is 0 Å². The topological polar surface area (TPSA) is 198 Å². The summed E-state index contributed by atoms with van der Waals surface area (Å²) in [5.74, 6) is -4.08. The van der Waals surface area contributed by atoms with Crippen molar-refractivity contribution in [3.63, 3.8) is 0 Å². The largest absolute Gasteiger partial charge is 0.463 e. The van der Waals surface area contributed by atoms with Crippen molar-refractivity contribution in [3.05, 3.63) is 179 Å². The van der Waals surface area contributed by atoms with Crippen LogP contribution in [0.4, 0.5) is 0 Å². The first-order valence-electron chi connectivity index (χ1n) is 21.2. The smallest absolute Gasteiger partial charge is 0.338 e. The normalized spacial score (nSPS) is 26.6. The molecule has 3 aliphatic rings. The van der Waals surface area contributed by atoms with E-state index in [9.17, 15) is 29.1 Å². The SMILES string of the molecule is CC(=O)OC[C@@H]1O[C@@H]2O[C@H]1[C@@H](O[C@@H]1O[C@H](COC(=O)c3ccccc3)[C@@H](OC(=O)c3ccccc3)[C@H](OC(=O)c3ccccc3)[C@H]1OC(=O)c1ccccc1)[C@H](O)[C@@H]2OCc1ccccc1. The van der Waals surface area contributed by atoms with Gasteiger partial charge in [0.05, 0.1) is 28.9 Å². The van der Waals surface area contributed by atoms with E-state index in [-0.39, 0.29) is 35.5 Å². The van der Waals surface area contributed by atoms with Crippen LogP contribution in [0.3, 0.4) is 0 Å². The van der Waals surface area contributed by atoms with Crippen LogP contribution in [0.25, 0.3) is 0 Å². The Hall–Kier alpha value is -6.79. The minimum Gasteiger partial charge on any atom is -0.463 e. The monoisotopic (exact) mass is 902 g/mol. The van der Waals surface area contributed by atoms with Gasteiger partial charge in [-0.1, -0.05) is 103 Å². The standard InChI is InChI=1S/C50H46O16/c1-30(51)57-28-36-39-41(38(52)42(49(60-36)65-39)58-27-31-17-7-2-8-18-31)66-50-44(64-48(56)35-25-15-6-16-26-35)43(63-47(55)34-23-13-5-14-24-34)40(62-46(54)33-21-11-4-12-22-33)37(61-50)29-59-45(53)32-19-9-3-10-20-32/h2-26,36-44,49-50,52H,27-29H2,1H3/t36-,37+,38-,39+,40+,41-,42-,43-,44+,49+,50-/m0/s1. The van der Waals surface area contributed by atoms with Gasteiger partial charge in [0.25, 0.3) is 0 Å². The van der Waals surface area contributed by atoms with Crippen LogP contribution >= 0.6 is 0 Å². The van der Waals surface area contributed by atoms with Crippen molar-refractivity contribution in [3.8, 4) is 0 Å². The molecule has 0 spiro atoms. The lowest BCUT2D eigenvalue weighted by atomic mass is 9.95. The van der Waals surface area contributed by atoms with Gasteiger partial charge < -0.3 is 52.5 Å². The van der Waals surface area contributed by atoms with Crippen molar-refractivity contribution in [2.24, 2.45) is 0 Å². The molecule has 16 heteroatoms. The van der Waals surface area contributed by atoms with Crippen molar-refractivity contribution >= 4 is 29.8 Å². The van der Waals surface area contributed by atoms with Gasteiger partial charge in [0, 0.05) is 6.92 Å². The van der Waals surface area contributed by atoms with Crippen LogP contribution in [0.2, 0.25) is 0 Å². The minimum absolute atomic E-state index is 0.0237. The third kappa shape index (κ3) is 11.0. The number of aliphatic hydroxyl groups excluding tert-OH is 1. The number of hydrogen-bond donors (Lipinski definition) is 1. The summed E-state index contributed by atoms with van der Waals surface area (Å²) in [6.07, 6.45) is -15.9. The van der Waals surface area contributed by atoms with E-state index in [1.54, 1.807) is 72.8 Å². The molecule has 0 amide bonds. The minimum atomic E-state index is -1.80. The summed E-state index contributed by atoms with van der Waals surface area (Å²) in [6, 6.07) is 41.0. The van der Waals surface area contributed by atoms with E-state index in [1.165, 1.54) is 55.5 Å². The molecule has 8 rings (SSSR count). The zero-order chi connectivity index (χ0) is 46.0. The molecule has 5 aromatic carbocycles. The van der Waals surface area contributed by atoms with Crippen molar-refractivity contribution in [2.75, 3.05) is 13.2 Å². The predicted molar refractivity (Wildman–Crippen MR) is 228 cm³/mol. The molecule has 3 saturated heterocycles. The molecule has 0 saturated carbocycles. The van der Waals surface area contributed by atoms with E-state index in [4.69, 9.17) is 47.4 Å². The second-order valence-electron chi connectivity index (χ2n) is 15.5. The van der Waals surface area contributed by atoms with Gasteiger partial charge in [0.2, 0.25) is 0 Å². The van der Waals surface area contributed by atoms with E-state index < -0.39 is 104 Å². The number of benzene rings is 5. The Morgan fingerprint density at radius 1 is 0.485 bits per heavy atom. The molecule has 11 atom stereocenters. The third-order valence-corrected chi connectivity index (χ3v) is 11.0. The highest BCUT2D eigenvalue weighted by Crippen LogP contribution is 2.40. The Labute approximate surface area is 379 Å². The fourth-order valence-corrected chi connectivity index (χ4v) is 7.74. The Bertz CT molecular complexity index is 2400. The first-order valence-corrected chi connectivity index (χ1v) is 21.2. The molecule has 5 aromatic rings. The Balaban J connectivity index is 1.20. The van der Waals surface area contributed by atoms with Gasteiger partial charge >= 0.3 is 29.8 Å². The number of esters is 5. The molecule has 0 unspecified atom stereocenters. The van der Waals surface area contributed by atoms with Crippen LogP contribution in [0.5, 0.6) is 0 Å². The van der Waals surface area contributed by atoms with Crippen LogP contribution in [-0.4, -0.2) is 116 Å². The highest BCUT2D eigenvalue weighted by atomic mass is 16.8. The lowest BCUT2D eigenvalue weighted by Gasteiger charge is -2.47. The van der Waals surface area contributed by atoms with Crippen LogP contribution in [-0.2, 0) is 58.8 Å². The van der Waals surface area contributed by atoms with Crippen molar-refractivity contribution < 1.29 is 76.4 Å². The highest BCUT2D eigenvalue weighted by Gasteiger charge is 2.60. The van der Waals surface area contributed by atoms with Crippen molar-refractivity contribution in [1.82, 2.24) is 0 Å². The molecule has 1 N–H and O–H groups in total. The van der Waals surface area contributed by atoms with Crippen LogP contribution in [0.15, 0.2) is 152 Å². The molecule has 2 bridgehead atoms. The zero-order valence-electron chi connectivity index (χ0n) is 35.5. The average Bonchev–Trinajstić information content (AvgIpc) is 3.73. The Kier molecular flexibility index (Phi) is 14.9. The van der Waals surface area contributed by atoms with Gasteiger partial charge in [-0.15, -0.1) is 0 Å². The highest BCUT2D eigenvalue weighted by molar-refractivity contribution is 5.91. The molecule has 3 aliphatic heterocycles. The summed E-state index contributed by atoms with van der Waals surface area (Å²) in [5, 5.41) is 12.2. The van der Waals surface area contributed by atoms with Crippen molar-refractivity contribution in [1.29, 1.82) is 0 Å². The Morgan fingerprint density at radius 2 is 0.939 bits per heavy atom. The number of hydrogen-bond acceptors (Lipinski definition) is 16. The summed E-state index contributed by atoms with van der Waals surface area (Å²) in [4.78, 5) is 67.6. The second-order valence-corrected chi connectivity index (χ2v) is 15.5. The number of fused-ring (bicyclic) bond motifs is 2. The lowest BCUT2D eigenvalue weighted by molar-refractivity contribution is -0.338. The zero-order valence-corrected chi connectivity index (χ0v) is 35.5. The molecule has 0 aliphatic carbocycles. The van der Waals surface area contributed by atoms with Gasteiger partial charge in [-0.3, -0.25) is 4.79 Å². The van der Waals surface area contributed by atoms with Gasteiger partial charge in [-0.25, -0.2) is 19.2 Å². The summed E-state index contributed by atoms with van der Waals surface area (Å²) < 4.78 is 61.5. The number of carbonyl (C=O) groups excluding carboxylic acids is 5. The van der Waals surface area contributed by atoms with Gasteiger partial charge in [0.15, 0.2) is 30.9 Å². The fourth-order valence-electron chi connectivity index (χ4n) is 7.74. The number of aliphatic hydroxyl groups is 1. The van der Waals surface area contributed by atoms with Gasteiger partial charge in [0.1, 0.15) is 49.8 Å². The van der Waals surface area contributed by atoms with Gasteiger partial charge in [-0.2, -0.15) is 0 Å². The molecule has 0 aromatic heterocycles. The molecule has 16 nitrogen and oxygen atoms in total. The summed E-state index contributed by atoms with van der Waals surface area (Å²) in [6.45, 7) is 0.325. The summed E-state index contributed by atoms with van der Waals surface area (Å²) in [5.41, 5.74) is 1.26. The Morgan fingerprint density at radius 3 is 1.45 bits per heavy atom. The average molecular weight is 903 g/mol. The molecule has 342 valence electrons. The maximum absolute atomic E-state index is 14.1. The lowest BCUT2D eigenvalue weighted by Crippen LogP contribution is -2.65. The summed E-state index contributed by atoms with van der Waals surface area (Å²) in [7, 11) is 0. The van der Waals surface area contributed by atoms with Gasteiger partial charge in [-0.05, 0) is 54.1 Å². The molecule has 66 heavy (non-hydrogen) atoms. The maximum atomic E-state index is 14.1. The number of carbonyl (C=O) groups is 5. The number of rotatable bonds is 16. The van der Waals surface area contributed by atoms with Crippen LogP contribution in [0, 0.1) is 0 Å². The van der Waals surface area contributed by atoms with E-state index >= 15 is 0 Å². The molecule has 0 radical (unpaired) electrons. The first-order chi connectivity index (χ1) is 32.1. The molecular weight excluding hydrogens is 857 g/mol. The molecule has 3 heterocycles. The molecule has 3 fully saturated rings. The van der Waals surface area contributed by atoms with Crippen molar-refractivity contribution in [2.45, 2.75) is 81.0 Å². The van der Waals surface area contributed by atoms with E-state index in [0.717, 1.165) is 5.56 Å². The van der Waals surface area contributed by atoms with Crippen LogP contribution < -0.4 is 0 Å².